The van der Waals surface area contributed by atoms with Crippen molar-refractivity contribution in [3.63, 3.8) is 0 Å². The van der Waals surface area contributed by atoms with Crippen LogP contribution in [0.25, 0.3) is 10.1 Å². The molecule has 3 aromatic rings. The first-order valence-electron chi connectivity index (χ1n) is 7.95. The third-order valence-corrected chi connectivity index (χ3v) is 5.60. The Labute approximate surface area is 139 Å². The van der Waals surface area contributed by atoms with Crippen molar-refractivity contribution in [1.82, 2.24) is 14.7 Å². The summed E-state index contributed by atoms with van der Waals surface area (Å²) in [6.45, 7) is 0.848. The maximum atomic E-state index is 12.9. The Morgan fingerprint density at radius 2 is 2.26 bits per heavy atom. The molecule has 4 rings (SSSR count). The van der Waals surface area contributed by atoms with Gasteiger partial charge in [-0.25, -0.2) is 0 Å². The van der Waals surface area contributed by atoms with Crippen molar-refractivity contribution in [2.24, 2.45) is 7.05 Å². The van der Waals surface area contributed by atoms with E-state index in [4.69, 9.17) is 0 Å². The molecule has 1 aliphatic rings. The van der Waals surface area contributed by atoms with Crippen LogP contribution in [0.2, 0.25) is 0 Å². The Bertz CT molecular complexity index is 851. The van der Waals surface area contributed by atoms with Gasteiger partial charge in [-0.15, -0.1) is 11.3 Å². The minimum Gasteiger partial charge on any atom is -0.335 e. The van der Waals surface area contributed by atoms with Gasteiger partial charge < -0.3 is 4.90 Å². The van der Waals surface area contributed by atoms with Crippen LogP contribution in [0.15, 0.2) is 42.0 Å². The van der Waals surface area contributed by atoms with Crippen molar-refractivity contribution in [3.05, 3.63) is 53.2 Å². The predicted octanol–water partition coefficient (Wildman–Crippen LogP) is 3.54. The second kappa shape index (κ2) is 5.81. The number of rotatable bonds is 3. The normalized spacial score (nSPS) is 18.0. The van der Waals surface area contributed by atoms with Crippen molar-refractivity contribution in [1.29, 1.82) is 0 Å². The van der Waals surface area contributed by atoms with Crippen LogP contribution < -0.4 is 0 Å². The van der Waals surface area contributed by atoms with Gasteiger partial charge in [0.1, 0.15) is 0 Å². The van der Waals surface area contributed by atoms with Crippen molar-refractivity contribution in [2.75, 3.05) is 6.54 Å². The van der Waals surface area contributed by atoms with Gasteiger partial charge in [-0.3, -0.25) is 9.48 Å². The van der Waals surface area contributed by atoms with E-state index in [1.54, 1.807) is 11.3 Å². The monoisotopic (exact) mass is 325 g/mol. The molecule has 0 saturated carbocycles. The minimum absolute atomic E-state index is 0.182. The van der Waals surface area contributed by atoms with Crippen LogP contribution in [0.1, 0.15) is 30.0 Å². The first-order valence-corrected chi connectivity index (χ1v) is 8.83. The molecule has 23 heavy (non-hydrogen) atoms. The number of carbonyl (C=O) groups excluding carboxylic acids is 1. The molecule has 0 aliphatic carbocycles. The fraction of sp³-hybridized carbons (Fsp3) is 0.333. The molecule has 0 unspecified atom stereocenters. The highest BCUT2D eigenvalue weighted by Gasteiger charge is 2.30. The quantitative estimate of drug-likeness (QED) is 0.739. The largest absolute Gasteiger partial charge is 0.335 e. The Morgan fingerprint density at radius 1 is 1.39 bits per heavy atom. The number of fused-ring (bicyclic) bond motifs is 1. The van der Waals surface area contributed by atoms with E-state index >= 15 is 0 Å². The van der Waals surface area contributed by atoms with E-state index in [1.165, 1.54) is 10.1 Å². The van der Waals surface area contributed by atoms with Crippen molar-refractivity contribution in [3.8, 4) is 0 Å². The van der Waals surface area contributed by atoms with E-state index in [9.17, 15) is 4.79 Å². The van der Waals surface area contributed by atoms with Crippen molar-refractivity contribution < 1.29 is 4.79 Å². The zero-order valence-corrected chi connectivity index (χ0v) is 13.9. The molecule has 5 heteroatoms. The fourth-order valence-electron chi connectivity index (χ4n) is 3.46. The van der Waals surface area contributed by atoms with Gasteiger partial charge >= 0.3 is 0 Å². The lowest BCUT2D eigenvalue weighted by Crippen LogP contribution is -2.31. The SMILES string of the molecule is Cn1cc([C@@H]2CCCN2C(=O)Cc2csc3ccccc23)cn1. The lowest BCUT2D eigenvalue weighted by molar-refractivity contribution is -0.131. The molecule has 3 heterocycles. The number of amides is 1. The number of hydrogen-bond donors (Lipinski definition) is 0. The van der Waals surface area contributed by atoms with Crippen LogP contribution in [0.4, 0.5) is 0 Å². The van der Waals surface area contributed by atoms with Gasteiger partial charge in [0.05, 0.1) is 18.7 Å². The molecule has 0 spiro atoms. The maximum absolute atomic E-state index is 12.9. The number of aromatic nitrogens is 2. The Kier molecular flexibility index (Phi) is 3.65. The Hall–Kier alpha value is -2.14. The van der Waals surface area contributed by atoms with Gasteiger partial charge in [0, 0.05) is 30.1 Å². The molecule has 1 fully saturated rings. The van der Waals surface area contributed by atoms with E-state index in [0.717, 1.165) is 30.5 Å². The molecular formula is C18H19N3OS. The van der Waals surface area contributed by atoms with Gasteiger partial charge in [-0.2, -0.15) is 5.10 Å². The lowest BCUT2D eigenvalue weighted by atomic mass is 10.1. The summed E-state index contributed by atoms with van der Waals surface area (Å²) in [5.41, 5.74) is 2.29. The van der Waals surface area contributed by atoms with Gasteiger partial charge in [-0.05, 0) is 35.2 Å². The van der Waals surface area contributed by atoms with E-state index in [0.29, 0.717) is 6.42 Å². The summed E-state index contributed by atoms with van der Waals surface area (Å²) in [4.78, 5) is 14.9. The highest BCUT2D eigenvalue weighted by atomic mass is 32.1. The highest BCUT2D eigenvalue weighted by Crippen LogP contribution is 2.33. The number of thiophene rings is 1. The minimum atomic E-state index is 0.182. The van der Waals surface area contributed by atoms with Gasteiger partial charge in [0.2, 0.25) is 5.91 Å². The summed E-state index contributed by atoms with van der Waals surface area (Å²) >= 11 is 1.71. The summed E-state index contributed by atoms with van der Waals surface area (Å²) in [6, 6.07) is 8.49. The zero-order chi connectivity index (χ0) is 15.8. The Balaban J connectivity index is 1.56. The van der Waals surface area contributed by atoms with E-state index in [1.807, 2.05) is 41.2 Å². The summed E-state index contributed by atoms with van der Waals surface area (Å²) < 4.78 is 3.06. The summed E-state index contributed by atoms with van der Waals surface area (Å²) in [5.74, 6) is 0.222. The van der Waals surface area contributed by atoms with Crippen LogP contribution in [-0.2, 0) is 18.3 Å². The van der Waals surface area contributed by atoms with Crippen molar-refractivity contribution in [2.45, 2.75) is 25.3 Å². The van der Waals surface area contributed by atoms with Crippen LogP contribution in [-0.4, -0.2) is 27.1 Å². The molecule has 1 aromatic carbocycles. The summed E-state index contributed by atoms with van der Waals surface area (Å²) in [5, 5.41) is 7.59. The van der Waals surface area contributed by atoms with Gasteiger partial charge in [0.15, 0.2) is 0 Å². The molecule has 1 atom stereocenters. The van der Waals surface area contributed by atoms with Gasteiger partial charge in [0.25, 0.3) is 0 Å². The lowest BCUT2D eigenvalue weighted by Gasteiger charge is -2.24. The topological polar surface area (TPSA) is 38.1 Å². The van der Waals surface area contributed by atoms with Crippen molar-refractivity contribution >= 4 is 27.3 Å². The highest BCUT2D eigenvalue weighted by molar-refractivity contribution is 7.17. The average Bonchev–Trinajstić information content (AvgIpc) is 3.26. The first-order chi connectivity index (χ1) is 11.2. The van der Waals surface area contributed by atoms with E-state index in [2.05, 4.69) is 22.6 Å². The molecular weight excluding hydrogens is 306 g/mol. The molecule has 2 aromatic heterocycles. The number of aryl methyl sites for hydroxylation is 1. The van der Waals surface area contributed by atoms with Crippen LogP contribution >= 0.6 is 11.3 Å². The van der Waals surface area contributed by atoms with Crippen LogP contribution in [0.3, 0.4) is 0 Å². The van der Waals surface area contributed by atoms with Gasteiger partial charge in [-0.1, -0.05) is 18.2 Å². The molecule has 0 N–H and O–H groups in total. The Morgan fingerprint density at radius 3 is 3.09 bits per heavy atom. The number of nitrogens with zero attached hydrogens (tertiary/aromatic N) is 3. The summed E-state index contributed by atoms with van der Waals surface area (Å²) in [7, 11) is 1.92. The van der Waals surface area contributed by atoms with Crippen LogP contribution in [0.5, 0.6) is 0 Å². The molecule has 118 valence electrons. The van der Waals surface area contributed by atoms with Crippen LogP contribution in [0, 0.1) is 0 Å². The first kappa shape index (κ1) is 14.5. The zero-order valence-electron chi connectivity index (χ0n) is 13.1. The molecule has 1 saturated heterocycles. The smallest absolute Gasteiger partial charge is 0.227 e. The standard InChI is InChI=1S/C18H19N3OS/c1-20-11-14(10-19-20)16-6-4-8-21(16)18(22)9-13-12-23-17-7-3-2-5-15(13)17/h2-3,5,7,10-12,16H,4,6,8-9H2,1H3/t16-/m0/s1. The maximum Gasteiger partial charge on any atom is 0.227 e. The number of hydrogen-bond acceptors (Lipinski definition) is 3. The number of carbonyl (C=O) groups is 1. The molecule has 0 radical (unpaired) electrons. The van der Waals surface area contributed by atoms with E-state index < -0.39 is 0 Å². The number of benzene rings is 1. The summed E-state index contributed by atoms with van der Waals surface area (Å²) in [6.07, 6.45) is 6.49. The third kappa shape index (κ3) is 2.65. The molecule has 4 nitrogen and oxygen atoms in total. The fourth-order valence-corrected chi connectivity index (χ4v) is 4.42. The third-order valence-electron chi connectivity index (χ3n) is 4.59. The average molecular weight is 325 g/mol. The predicted molar refractivity (Wildman–Crippen MR) is 92.4 cm³/mol. The second-order valence-electron chi connectivity index (χ2n) is 6.13. The van der Waals surface area contributed by atoms with E-state index in [-0.39, 0.29) is 11.9 Å². The molecule has 0 bridgehead atoms. The second-order valence-corrected chi connectivity index (χ2v) is 7.04. The molecule has 1 amide bonds. The number of likely N-dealkylation sites (tertiary alicyclic amines) is 1. The molecule has 1 aliphatic heterocycles.